The summed E-state index contributed by atoms with van der Waals surface area (Å²) in [4.78, 5) is 10.3. The number of ether oxygens (including phenoxy) is 2. The molecule has 1 aromatic rings. The second kappa shape index (κ2) is 37.1. The lowest BCUT2D eigenvalue weighted by molar-refractivity contribution is -0.385. The molecule has 0 aliphatic rings. The highest BCUT2D eigenvalue weighted by atomic mass is 32.2. The Labute approximate surface area is 332 Å². The van der Waals surface area contributed by atoms with Crippen molar-refractivity contribution in [3.05, 3.63) is 34.4 Å². The summed E-state index contributed by atoms with van der Waals surface area (Å²) in [7, 11) is -4.18. The van der Waals surface area contributed by atoms with Gasteiger partial charge in [0.1, 0.15) is 11.0 Å². The van der Waals surface area contributed by atoms with Crippen LogP contribution in [0.1, 0.15) is 219 Å². The summed E-state index contributed by atoms with van der Waals surface area (Å²) in [6, 6.07) is 4.94. The molecule has 0 amide bonds. The monoisotopic (exact) mass is 782 g/mol. The van der Waals surface area contributed by atoms with Gasteiger partial charge in [-0.1, -0.05) is 213 Å². The first kappa shape index (κ1) is 50.5. The number of unbranched alkanes of at least 4 members (excludes halogenated alkanes) is 30. The fourth-order valence-corrected chi connectivity index (χ4v) is 7.97. The molecule has 8 nitrogen and oxygen atoms in total. The van der Waals surface area contributed by atoms with Gasteiger partial charge in [0.25, 0.3) is 15.8 Å². The molecule has 0 spiro atoms. The van der Waals surface area contributed by atoms with Crippen molar-refractivity contribution >= 4 is 15.8 Å². The smallest absolute Gasteiger partial charge is 0.297 e. The fourth-order valence-electron chi connectivity index (χ4n) is 7.00. The molecule has 9 heteroatoms. The lowest BCUT2D eigenvalue weighted by Gasteiger charge is -2.18. The zero-order valence-corrected chi connectivity index (χ0v) is 35.9. The van der Waals surface area contributed by atoms with Crippen LogP contribution in [0.5, 0.6) is 0 Å². The first-order valence-corrected chi connectivity index (χ1v) is 24.1. The molecule has 54 heavy (non-hydrogen) atoms. The van der Waals surface area contributed by atoms with Crippen LogP contribution < -0.4 is 0 Å². The number of non-ortho nitro benzene ring substituents is 1. The molecule has 0 aliphatic heterocycles. The van der Waals surface area contributed by atoms with Gasteiger partial charge in [-0.15, -0.1) is 0 Å². The van der Waals surface area contributed by atoms with Gasteiger partial charge in [-0.05, 0) is 18.9 Å². The number of hydrogen-bond donors (Lipinski definition) is 0. The second-order valence-corrected chi connectivity index (χ2v) is 17.3. The summed E-state index contributed by atoms with van der Waals surface area (Å²) in [5, 5.41) is 11.2. The Hall–Kier alpha value is -1.55. The minimum absolute atomic E-state index is 0.192. The molecule has 0 N–H and O–H groups in total. The molecule has 0 fully saturated rings. The van der Waals surface area contributed by atoms with Crippen LogP contribution in [0, 0.1) is 10.1 Å². The predicted molar refractivity (Wildman–Crippen MR) is 226 cm³/mol. The highest BCUT2D eigenvalue weighted by Crippen LogP contribution is 2.20. The minimum Gasteiger partial charge on any atom is -0.379 e. The first-order chi connectivity index (χ1) is 26.4. The van der Waals surface area contributed by atoms with Crippen molar-refractivity contribution < 1.29 is 27.0 Å². The van der Waals surface area contributed by atoms with Gasteiger partial charge in [0.2, 0.25) is 0 Å². The number of nitrogens with zero attached hydrogens (tertiary/aromatic N) is 1. The van der Waals surface area contributed by atoms with Crippen molar-refractivity contribution in [2.75, 3.05) is 26.4 Å². The zero-order chi connectivity index (χ0) is 39.2. The van der Waals surface area contributed by atoms with Gasteiger partial charge < -0.3 is 9.47 Å². The van der Waals surface area contributed by atoms with Gasteiger partial charge in [-0.25, -0.2) is 0 Å². The van der Waals surface area contributed by atoms with Crippen LogP contribution in [0.2, 0.25) is 0 Å². The van der Waals surface area contributed by atoms with Crippen LogP contribution >= 0.6 is 0 Å². The van der Waals surface area contributed by atoms with E-state index >= 15 is 0 Å². The van der Waals surface area contributed by atoms with Gasteiger partial charge >= 0.3 is 0 Å². The van der Waals surface area contributed by atoms with E-state index in [1.165, 1.54) is 198 Å². The van der Waals surface area contributed by atoms with Crippen molar-refractivity contribution in [1.82, 2.24) is 0 Å². The van der Waals surface area contributed by atoms with Gasteiger partial charge in [0.05, 0.1) is 18.1 Å². The van der Waals surface area contributed by atoms with Crippen LogP contribution in [0.25, 0.3) is 0 Å². The number of hydrogen-bond acceptors (Lipinski definition) is 7. The van der Waals surface area contributed by atoms with E-state index in [0.717, 1.165) is 31.7 Å². The lowest BCUT2D eigenvalue weighted by atomic mass is 10.0. The quantitative estimate of drug-likeness (QED) is 0.0281. The Morgan fingerprint density at radius 3 is 1.30 bits per heavy atom. The molecule has 1 atom stereocenters. The van der Waals surface area contributed by atoms with E-state index < -0.39 is 21.1 Å². The molecular formula is C45H83NO7S. The number of nitro groups is 1. The Balaban J connectivity index is 2.23. The molecule has 1 rings (SSSR count). The third-order valence-corrected chi connectivity index (χ3v) is 11.8. The molecule has 0 unspecified atom stereocenters. The molecule has 0 aromatic heterocycles. The Morgan fingerprint density at radius 2 is 0.907 bits per heavy atom. The molecule has 0 bridgehead atoms. The number of benzene rings is 1. The average Bonchev–Trinajstić information content (AvgIpc) is 3.17. The van der Waals surface area contributed by atoms with E-state index in [2.05, 4.69) is 13.8 Å². The van der Waals surface area contributed by atoms with E-state index in [1.807, 2.05) is 0 Å². The van der Waals surface area contributed by atoms with E-state index in [-0.39, 0.29) is 23.8 Å². The maximum Gasteiger partial charge on any atom is 0.297 e. The highest BCUT2D eigenvalue weighted by molar-refractivity contribution is 7.86. The topological polar surface area (TPSA) is 105 Å². The van der Waals surface area contributed by atoms with Crippen LogP contribution in [-0.4, -0.2) is 45.9 Å². The summed E-state index contributed by atoms with van der Waals surface area (Å²) in [6.45, 7) is 5.73. The molecule has 0 radical (unpaired) electrons. The van der Waals surface area contributed by atoms with Crippen LogP contribution in [0.15, 0.2) is 29.2 Å². The first-order valence-electron chi connectivity index (χ1n) is 22.7. The van der Waals surface area contributed by atoms with E-state index in [0.29, 0.717) is 13.2 Å². The number of nitro benzene ring substituents is 1. The summed E-state index contributed by atoms with van der Waals surface area (Å²) in [5.74, 6) is 0. The van der Waals surface area contributed by atoms with Crippen LogP contribution in [0.3, 0.4) is 0 Å². The molecule has 1 aromatic carbocycles. The summed E-state index contributed by atoms with van der Waals surface area (Å²) in [5.41, 5.74) is -0.293. The van der Waals surface area contributed by atoms with Gasteiger partial charge in [-0.3, -0.25) is 14.3 Å². The Morgan fingerprint density at radius 1 is 0.537 bits per heavy atom. The van der Waals surface area contributed by atoms with Crippen LogP contribution in [0.4, 0.5) is 5.69 Å². The Bertz CT molecular complexity index is 1080. The largest absolute Gasteiger partial charge is 0.379 e. The molecular weight excluding hydrogens is 699 g/mol. The average molecular weight is 782 g/mol. The predicted octanol–water partition coefficient (Wildman–Crippen LogP) is 14.2. The van der Waals surface area contributed by atoms with Crippen molar-refractivity contribution in [2.45, 2.75) is 230 Å². The maximum absolute atomic E-state index is 12.8. The molecule has 0 saturated heterocycles. The van der Waals surface area contributed by atoms with E-state index in [9.17, 15) is 18.5 Å². The number of rotatable bonds is 42. The van der Waals surface area contributed by atoms with Crippen molar-refractivity contribution in [2.24, 2.45) is 0 Å². The SMILES string of the molecule is CCCCCCCCCCCCCCCCCCOC[C@H](COS(=O)(=O)c1cccc([N+](=O)[O-])c1)OCCCCCCCCCCCCCCCCCC. The maximum atomic E-state index is 12.8. The molecule has 0 heterocycles. The van der Waals surface area contributed by atoms with Gasteiger partial charge in [0, 0.05) is 25.3 Å². The zero-order valence-electron chi connectivity index (χ0n) is 35.1. The molecule has 316 valence electrons. The summed E-state index contributed by atoms with van der Waals surface area (Å²) < 4.78 is 43.0. The van der Waals surface area contributed by atoms with Crippen molar-refractivity contribution in [3.8, 4) is 0 Å². The van der Waals surface area contributed by atoms with Crippen molar-refractivity contribution in [1.29, 1.82) is 0 Å². The van der Waals surface area contributed by atoms with Crippen LogP contribution in [-0.2, 0) is 23.8 Å². The van der Waals surface area contributed by atoms with Gasteiger partial charge in [-0.2, -0.15) is 8.42 Å². The third kappa shape index (κ3) is 30.6. The minimum atomic E-state index is -4.18. The summed E-state index contributed by atoms with van der Waals surface area (Å²) in [6.07, 6.45) is 41.4. The van der Waals surface area contributed by atoms with Crippen molar-refractivity contribution in [3.63, 3.8) is 0 Å². The van der Waals surface area contributed by atoms with E-state index in [1.54, 1.807) is 0 Å². The molecule has 0 aliphatic carbocycles. The van der Waals surface area contributed by atoms with E-state index in [4.69, 9.17) is 13.7 Å². The normalized spacial score (nSPS) is 12.4. The Kier molecular flexibility index (Phi) is 34.6. The second-order valence-electron chi connectivity index (χ2n) is 15.7. The van der Waals surface area contributed by atoms with Gasteiger partial charge in [0.15, 0.2) is 0 Å². The lowest BCUT2D eigenvalue weighted by Crippen LogP contribution is -2.28. The highest BCUT2D eigenvalue weighted by Gasteiger charge is 2.21. The molecule has 0 saturated carbocycles. The third-order valence-electron chi connectivity index (χ3n) is 10.5. The fraction of sp³-hybridized carbons (Fsp3) is 0.867. The summed E-state index contributed by atoms with van der Waals surface area (Å²) >= 11 is 0. The standard InChI is InChI=1S/C45H83NO7S/c1-3-5-7-9-11-13-15-17-19-21-23-25-27-29-31-33-38-51-41-44(42-53-54(49,50)45-37-35-36-43(40-45)46(47)48)52-39-34-32-30-28-26-24-22-20-18-16-14-12-10-8-6-4-2/h35-37,40,44H,3-34,38-39,41-42H2,1-2H3/t44-/m1/s1.